The Morgan fingerprint density at radius 3 is 2.70 bits per heavy atom. The van der Waals surface area contributed by atoms with E-state index in [1.165, 1.54) is 0 Å². The number of methoxy groups -OCH3 is 2. The molecule has 6 heteroatoms. The van der Waals surface area contributed by atoms with Gasteiger partial charge in [-0.1, -0.05) is 0 Å². The molecule has 20 heavy (non-hydrogen) atoms. The maximum Gasteiger partial charge on any atom is 0.146 e. The Morgan fingerprint density at radius 1 is 1.25 bits per heavy atom. The summed E-state index contributed by atoms with van der Waals surface area (Å²) in [5, 5.41) is 7.52. The predicted octanol–water partition coefficient (Wildman–Crippen LogP) is 2.49. The van der Waals surface area contributed by atoms with Gasteiger partial charge in [0.1, 0.15) is 23.7 Å². The molecule has 0 fully saturated rings. The van der Waals surface area contributed by atoms with E-state index in [0.717, 1.165) is 23.0 Å². The minimum Gasteiger partial charge on any atom is -0.497 e. The quantitative estimate of drug-likeness (QED) is 0.878. The SMILES string of the molecule is COc1ccc(OC)c(NCc2ncnn2C(C)C)c1. The zero-order chi connectivity index (χ0) is 14.5. The molecule has 1 heterocycles. The van der Waals surface area contributed by atoms with Crippen molar-refractivity contribution >= 4 is 5.69 Å². The maximum absolute atomic E-state index is 5.33. The number of benzene rings is 1. The Morgan fingerprint density at radius 2 is 2.05 bits per heavy atom. The van der Waals surface area contributed by atoms with Crippen LogP contribution >= 0.6 is 0 Å². The molecular formula is C14H20N4O2. The van der Waals surface area contributed by atoms with Crippen molar-refractivity contribution in [1.82, 2.24) is 14.8 Å². The van der Waals surface area contributed by atoms with Crippen LogP contribution in [0.25, 0.3) is 0 Å². The second kappa shape index (κ2) is 6.27. The molecule has 6 nitrogen and oxygen atoms in total. The third kappa shape index (κ3) is 3.01. The van der Waals surface area contributed by atoms with Crippen LogP contribution in [0.4, 0.5) is 5.69 Å². The minimum atomic E-state index is 0.279. The van der Waals surface area contributed by atoms with Crippen LogP contribution in [0.3, 0.4) is 0 Å². The van der Waals surface area contributed by atoms with Gasteiger partial charge in [0.05, 0.1) is 26.5 Å². The van der Waals surface area contributed by atoms with Gasteiger partial charge in [0, 0.05) is 12.1 Å². The average Bonchev–Trinajstić information content (AvgIpc) is 2.93. The van der Waals surface area contributed by atoms with Crippen molar-refractivity contribution in [2.45, 2.75) is 26.4 Å². The Labute approximate surface area is 118 Å². The minimum absolute atomic E-state index is 0.279. The molecule has 0 spiro atoms. The molecule has 2 rings (SSSR count). The molecule has 0 amide bonds. The third-order valence-corrected chi connectivity index (χ3v) is 2.98. The van der Waals surface area contributed by atoms with Gasteiger partial charge in [-0.25, -0.2) is 9.67 Å². The Bertz CT molecular complexity index is 566. The lowest BCUT2D eigenvalue weighted by Crippen LogP contribution is -2.12. The lowest BCUT2D eigenvalue weighted by atomic mass is 10.2. The number of ether oxygens (including phenoxy) is 2. The summed E-state index contributed by atoms with van der Waals surface area (Å²) in [4.78, 5) is 4.27. The first-order chi connectivity index (χ1) is 9.65. The van der Waals surface area contributed by atoms with Gasteiger partial charge in [0.25, 0.3) is 0 Å². The van der Waals surface area contributed by atoms with Crippen LogP contribution in [0.5, 0.6) is 11.5 Å². The molecular weight excluding hydrogens is 256 g/mol. The number of anilines is 1. The maximum atomic E-state index is 5.33. The highest BCUT2D eigenvalue weighted by atomic mass is 16.5. The van der Waals surface area contributed by atoms with Crippen molar-refractivity contribution in [2.75, 3.05) is 19.5 Å². The normalized spacial score (nSPS) is 10.7. The monoisotopic (exact) mass is 276 g/mol. The highest BCUT2D eigenvalue weighted by Crippen LogP contribution is 2.29. The molecule has 1 aromatic heterocycles. The van der Waals surface area contributed by atoms with Crippen LogP contribution in [0.1, 0.15) is 25.7 Å². The van der Waals surface area contributed by atoms with Crippen molar-refractivity contribution < 1.29 is 9.47 Å². The molecule has 0 saturated heterocycles. The largest absolute Gasteiger partial charge is 0.497 e. The molecule has 0 aliphatic heterocycles. The van der Waals surface area contributed by atoms with Gasteiger partial charge < -0.3 is 14.8 Å². The Hall–Kier alpha value is -2.24. The highest BCUT2D eigenvalue weighted by molar-refractivity contribution is 5.59. The van der Waals surface area contributed by atoms with E-state index >= 15 is 0 Å². The summed E-state index contributed by atoms with van der Waals surface area (Å²) in [6, 6.07) is 5.91. The molecule has 0 aliphatic carbocycles. The van der Waals surface area contributed by atoms with Gasteiger partial charge >= 0.3 is 0 Å². The predicted molar refractivity (Wildman–Crippen MR) is 77.3 cm³/mol. The number of nitrogens with zero attached hydrogens (tertiary/aromatic N) is 3. The molecule has 0 saturated carbocycles. The van der Waals surface area contributed by atoms with Gasteiger partial charge in [0.2, 0.25) is 0 Å². The molecule has 2 aromatic rings. The van der Waals surface area contributed by atoms with Gasteiger partial charge in [-0.15, -0.1) is 0 Å². The second-order valence-corrected chi connectivity index (χ2v) is 4.63. The van der Waals surface area contributed by atoms with E-state index in [1.807, 2.05) is 22.9 Å². The summed E-state index contributed by atoms with van der Waals surface area (Å²) >= 11 is 0. The standard InChI is InChI=1S/C14H20N4O2/c1-10(2)18-14(16-9-17-18)8-15-12-7-11(19-3)5-6-13(12)20-4/h5-7,9-10,15H,8H2,1-4H3. The molecule has 0 atom stereocenters. The fourth-order valence-electron chi connectivity index (χ4n) is 1.96. The number of aromatic nitrogens is 3. The van der Waals surface area contributed by atoms with E-state index in [1.54, 1.807) is 20.5 Å². The van der Waals surface area contributed by atoms with Crippen LogP contribution in [0.15, 0.2) is 24.5 Å². The van der Waals surface area contributed by atoms with Crippen LogP contribution in [0, 0.1) is 0 Å². The van der Waals surface area contributed by atoms with E-state index in [4.69, 9.17) is 9.47 Å². The van der Waals surface area contributed by atoms with Crippen LogP contribution < -0.4 is 14.8 Å². The van der Waals surface area contributed by atoms with Crippen LogP contribution in [-0.2, 0) is 6.54 Å². The summed E-state index contributed by atoms with van der Waals surface area (Å²) in [5.41, 5.74) is 0.866. The van der Waals surface area contributed by atoms with Crippen molar-refractivity contribution in [3.05, 3.63) is 30.4 Å². The number of nitrogens with one attached hydrogen (secondary N) is 1. The van der Waals surface area contributed by atoms with Crippen LogP contribution in [0.2, 0.25) is 0 Å². The average molecular weight is 276 g/mol. The van der Waals surface area contributed by atoms with Gasteiger partial charge in [-0.2, -0.15) is 5.10 Å². The molecule has 0 radical (unpaired) electrons. The van der Waals surface area contributed by atoms with Crippen LogP contribution in [-0.4, -0.2) is 29.0 Å². The zero-order valence-corrected chi connectivity index (χ0v) is 12.3. The molecule has 0 unspecified atom stereocenters. The smallest absolute Gasteiger partial charge is 0.146 e. The molecule has 0 aliphatic rings. The van der Waals surface area contributed by atoms with E-state index in [2.05, 4.69) is 29.2 Å². The zero-order valence-electron chi connectivity index (χ0n) is 12.3. The van der Waals surface area contributed by atoms with Crippen molar-refractivity contribution in [1.29, 1.82) is 0 Å². The van der Waals surface area contributed by atoms with Crippen molar-refractivity contribution in [2.24, 2.45) is 0 Å². The van der Waals surface area contributed by atoms with Gasteiger partial charge in [0.15, 0.2) is 0 Å². The number of hydrogen-bond donors (Lipinski definition) is 1. The first-order valence-corrected chi connectivity index (χ1v) is 6.50. The lowest BCUT2D eigenvalue weighted by Gasteiger charge is -2.14. The van der Waals surface area contributed by atoms with Crippen molar-refractivity contribution in [3.8, 4) is 11.5 Å². The molecule has 108 valence electrons. The third-order valence-electron chi connectivity index (χ3n) is 2.98. The Balaban J connectivity index is 2.15. The fraction of sp³-hybridized carbons (Fsp3) is 0.429. The fourth-order valence-corrected chi connectivity index (χ4v) is 1.96. The summed E-state index contributed by atoms with van der Waals surface area (Å²) in [7, 11) is 3.28. The van der Waals surface area contributed by atoms with E-state index in [0.29, 0.717) is 6.54 Å². The summed E-state index contributed by atoms with van der Waals surface area (Å²) in [6.07, 6.45) is 1.57. The molecule has 1 aromatic carbocycles. The first kappa shape index (κ1) is 14.2. The number of hydrogen-bond acceptors (Lipinski definition) is 5. The van der Waals surface area contributed by atoms with E-state index in [-0.39, 0.29) is 6.04 Å². The first-order valence-electron chi connectivity index (χ1n) is 6.50. The number of rotatable bonds is 6. The highest BCUT2D eigenvalue weighted by Gasteiger charge is 2.09. The summed E-state index contributed by atoms with van der Waals surface area (Å²) in [6.45, 7) is 4.72. The second-order valence-electron chi connectivity index (χ2n) is 4.63. The van der Waals surface area contributed by atoms with Crippen molar-refractivity contribution in [3.63, 3.8) is 0 Å². The topological polar surface area (TPSA) is 61.2 Å². The van der Waals surface area contributed by atoms with E-state index < -0.39 is 0 Å². The summed E-state index contributed by atoms with van der Waals surface area (Å²) in [5.74, 6) is 2.42. The van der Waals surface area contributed by atoms with Gasteiger partial charge in [-0.05, 0) is 26.0 Å². The van der Waals surface area contributed by atoms with E-state index in [9.17, 15) is 0 Å². The van der Waals surface area contributed by atoms with Gasteiger partial charge in [-0.3, -0.25) is 0 Å². The summed E-state index contributed by atoms with van der Waals surface area (Å²) < 4.78 is 12.4. The lowest BCUT2D eigenvalue weighted by molar-refractivity contribution is 0.404. The Kier molecular flexibility index (Phi) is 4.45. The molecule has 1 N–H and O–H groups in total. The molecule has 0 bridgehead atoms.